The Hall–Kier alpha value is -2.01. The molecule has 0 aliphatic carbocycles. The molecule has 1 aromatic carbocycles. The van der Waals surface area contributed by atoms with Gasteiger partial charge in [0.15, 0.2) is 5.96 Å². The van der Waals surface area contributed by atoms with Gasteiger partial charge in [0.2, 0.25) is 0 Å². The fraction of sp³-hybridized carbons (Fsp3) is 0.550. The van der Waals surface area contributed by atoms with Crippen molar-refractivity contribution in [3.63, 3.8) is 0 Å². The van der Waals surface area contributed by atoms with Crippen molar-refractivity contribution in [2.45, 2.75) is 26.2 Å². The topological polar surface area (TPSA) is 55.5 Å². The molecule has 0 saturated carbocycles. The Morgan fingerprint density at radius 1 is 1.20 bits per heavy atom. The molecule has 0 spiro atoms. The number of hydrogen-bond acceptors (Lipinski definition) is 2. The molecule has 2 aromatic rings. The van der Waals surface area contributed by atoms with E-state index in [0.29, 0.717) is 0 Å². The van der Waals surface area contributed by atoms with E-state index in [1.165, 1.54) is 42.4 Å². The van der Waals surface area contributed by atoms with Crippen molar-refractivity contribution in [2.75, 3.05) is 39.8 Å². The second-order valence-electron chi connectivity index (χ2n) is 7.06. The van der Waals surface area contributed by atoms with Crippen molar-refractivity contribution >= 4 is 16.9 Å². The van der Waals surface area contributed by atoms with Crippen LogP contribution in [0.5, 0.6) is 0 Å². The highest BCUT2D eigenvalue weighted by Crippen LogP contribution is 2.17. The predicted molar refractivity (Wildman–Crippen MR) is 106 cm³/mol. The molecule has 136 valence electrons. The Balaban J connectivity index is 1.38. The van der Waals surface area contributed by atoms with Crippen LogP contribution in [0.4, 0.5) is 0 Å². The zero-order chi connectivity index (χ0) is 17.5. The number of guanidine groups is 1. The molecule has 2 heterocycles. The van der Waals surface area contributed by atoms with Gasteiger partial charge in [-0.25, -0.2) is 0 Å². The number of hydrogen-bond donors (Lipinski definition) is 3. The lowest BCUT2D eigenvalue weighted by molar-refractivity contribution is 0.195. The molecule has 0 bridgehead atoms. The molecule has 1 aliphatic heterocycles. The number of rotatable bonds is 6. The lowest BCUT2D eigenvalue weighted by Crippen LogP contribution is -2.43. The average molecular weight is 342 g/mol. The number of aliphatic imine (C=N–C) groups is 1. The van der Waals surface area contributed by atoms with Gasteiger partial charge in [0.25, 0.3) is 0 Å². The third-order valence-corrected chi connectivity index (χ3v) is 5.18. The summed E-state index contributed by atoms with van der Waals surface area (Å²) in [6, 6.07) is 8.45. The van der Waals surface area contributed by atoms with Crippen LogP contribution in [0.3, 0.4) is 0 Å². The molecule has 3 rings (SSSR count). The molecule has 5 heteroatoms. The minimum Gasteiger partial charge on any atom is -0.361 e. The lowest BCUT2D eigenvalue weighted by Gasteiger charge is -2.30. The van der Waals surface area contributed by atoms with Crippen molar-refractivity contribution in [1.29, 1.82) is 0 Å². The van der Waals surface area contributed by atoms with Gasteiger partial charge in [0, 0.05) is 43.8 Å². The zero-order valence-electron chi connectivity index (χ0n) is 15.5. The van der Waals surface area contributed by atoms with Gasteiger partial charge in [-0.1, -0.05) is 25.1 Å². The molecule has 1 saturated heterocycles. The SMILES string of the molecule is CN=C(NCCc1c[nH]c2ccccc12)NCCN1CCC(C)CC1. The fourth-order valence-corrected chi connectivity index (χ4v) is 3.49. The first kappa shape index (κ1) is 17.8. The smallest absolute Gasteiger partial charge is 0.191 e. The molecule has 0 radical (unpaired) electrons. The average Bonchev–Trinajstić information content (AvgIpc) is 3.05. The standard InChI is InChI=1S/C20H31N5/c1-16-8-12-25(13-9-16)14-11-23-20(21-2)22-10-7-17-15-24-19-6-4-3-5-18(17)19/h3-6,15-16,24H,7-14H2,1-2H3,(H2,21,22,23). The number of benzene rings is 1. The summed E-state index contributed by atoms with van der Waals surface area (Å²) in [7, 11) is 1.84. The molecule has 1 aliphatic rings. The molecule has 0 unspecified atom stereocenters. The zero-order valence-corrected chi connectivity index (χ0v) is 15.5. The first-order valence-corrected chi connectivity index (χ1v) is 9.48. The largest absolute Gasteiger partial charge is 0.361 e. The first-order chi connectivity index (χ1) is 12.3. The number of aromatic amines is 1. The van der Waals surface area contributed by atoms with E-state index in [-0.39, 0.29) is 0 Å². The lowest BCUT2D eigenvalue weighted by atomic mass is 9.99. The number of aromatic nitrogens is 1. The van der Waals surface area contributed by atoms with E-state index >= 15 is 0 Å². The normalized spacial score (nSPS) is 17.1. The van der Waals surface area contributed by atoms with Crippen LogP contribution in [-0.4, -0.2) is 55.6 Å². The molecule has 5 nitrogen and oxygen atoms in total. The van der Waals surface area contributed by atoms with Crippen molar-refractivity contribution in [3.8, 4) is 0 Å². The van der Waals surface area contributed by atoms with E-state index in [9.17, 15) is 0 Å². The second kappa shape index (κ2) is 8.90. The summed E-state index contributed by atoms with van der Waals surface area (Å²) in [5.74, 6) is 1.79. The number of likely N-dealkylation sites (tertiary alicyclic amines) is 1. The quantitative estimate of drug-likeness (QED) is 0.559. The summed E-state index contributed by atoms with van der Waals surface area (Å²) in [4.78, 5) is 10.2. The summed E-state index contributed by atoms with van der Waals surface area (Å²) in [5.41, 5.74) is 2.55. The van der Waals surface area contributed by atoms with Gasteiger partial charge in [-0.05, 0) is 49.9 Å². The van der Waals surface area contributed by atoms with Gasteiger partial charge in [-0.15, -0.1) is 0 Å². The molecule has 25 heavy (non-hydrogen) atoms. The fourth-order valence-electron chi connectivity index (χ4n) is 3.49. The summed E-state index contributed by atoms with van der Waals surface area (Å²) in [5, 5.41) is 8.17. The molecule has 3 N–H and O–H groups in total. The number of nitrogens with one attached hydrogen (secondary N) is 3. The van der Waals surface area contributed by atoms with Crippen LogP contribution in [0, 0.1) is 5.92 Å². The Morgan fingerprint density at radius 3 is 2.76 bits per heavy atom. The number of H-pyrrole nitrogens is 1. The molecular weight excluding hydrogens is 310 g/mol. The Labute approximate surface area is 150 Å². The van der Waals surface area contributed by atoms with Crippen LogP contribution in [-0.2, 0) is 6.42 Å². The Bertz CT molecular complexity index is 682. The van der Waals surface area contributed by atoms with Crippen LogP contribution >= 0.6 is 0 Å². The van der Waals surface area contributed by atoms with Crippen LogP contribution in [0.1, 0.15) is 25.3 Å². The van der Waals surface area contributed by atoms with Crippen molar-refractivity contribution in [1.82, 2.24) is 20.5 Å². The number of nitrogens with zero attached hydrogens (tertiary/aromatic N) is 2. The number of piperidine rings is 1. The summed E-state index contributed by atoms with van der Waals surface area (Å²) >= 11 is 0. The molecule has 0 atom stereocenters. The van der Waals surface area contributed by atoms with E-state index < -0.39 is 0 Å². The van der Waals surface area contributed by atoms with Gasteiger partial charge in [-0.2, -0.15) is 0 Å². The summed E-state index contributed by atoms with van der Waals surface area (Å²) in [6.45, 7) is 7.74. The highest BCUT2D eigenvalue weighted by molar-refractivity contribution is 5.83. The van der Waals surface area contributed by atoms with Crippen LogP contribution < -0.4 is 10.6 Å². The van der Waals surface area contributed by atoms with Crippen LogP contribution in [0.2, 0.25) is 0 Å². The maximum Gasteiger partial charge on any atom is 0.191 e. The van der Waals surface area contributed by atoms with E-state index in [1.807, 2.05) is 7.05 Å². The highest BCUT2D eigenvalue weighted by atomic mass is 15.2. The summed E-state index contributed by atoms with van der Waals surface area (Å²) < 4.78 is 0. The Kier molecular flexibility index (Phi) is 6.34. The van der Waals surface area contributed by atoms with E-state index in [2.05, 4.69) is 62.9 Å². The van der Waals surface area contributed by atoms with Crippen LogP contribution in [0.15, 0.2) is 35.5 Å². The number of fused-ring (bicyclic) bond motifs is 1. The predicted octanol–water partition coefficient (Wildman–Crippen LogP) is 2.61. The van der Waals surface area contributed by atoms with Crippen LogP contribution in [0.25, 0.3) is 10.9 Å². The van der Waals surface area contributed by atoms with Gasteiger partial charge < -0.3 is 20.5 Å². The molecular formula is C20H31N5. The first-order valence-electron chi connectivity index (χ1n) is 9.48. The van der Waals surface area contributed by atoms with Gasteiger partial charge >= 0.3 is 0 Å². The molecule has 1 aromatic heterocycles. The third-order valence-electron chi connectivity index (χ3n) is 5.18. The minimum absolute atomic E-state index is 0.878. The van der Waals surface area contributed by atoms with Crippen molar-refractivity contribution in [2.24, 2.45) is 10.9 Å². The van der Waals surface area contributed by atoms with E-state index in [0.717, 1.165) is 37.9 Å². The number of para-hydroxylation sites is 1. The van der Waals surface area contributed by atoms with Crippen molar-refractivity contribution < 1.29 is 0 Å². The highest BCUT2D eigenvalue weighted by Gasteiger charge is 2.14. The monoisotopic (exact) mass is 341 g/mol. The van der Waals surface area contributed by atoms with E-state index in [1.54, 1.807) is 0 Å². The van der Waals surface area contributed by atoms with Gasteiger partial charge in [-0.3, -0.25) is 4.99 Å². The third kappa shape index (κ3) is 4.98. The van der Waals surface area contributed by atoms with Gasteiger partial charge in [0.05, 0.1) is 0 Å². The molecule has 0 amide bonds. The molecule has 1 fully saturated rings. The van der Waals surface area contributed by atoms with Gasteiger partial charge in [0.1, 0.15) is 0 Å². The van der Waals surface area contributed by atoms with Crippen molar-refractivity contribution in [3.05, 3.63) is 36.0 Å². The summed E-state index contributed by atoms with van der Waals surface area (Å²) in [6.07, 6.45) is 5.75. The minimum atomic E-state index is 0.878. The maximum atomic E-state index is 4.33. The maximum absolute atomic E-state index is 4.33. The second-order valence-corrected chi connectivity index (χ2v) is 7.06. The van der Waals surface area contributed by atoms with E-state index in [4.69, 9.17) is 0 Å². The Morgan fingerprint density at radius 2 is 1.96 bits per heavy atom.